The summed E-state index contributed by atoms with van der Waals surface area (Å²) in [6.07, 6.45) is -9.42. The van der Waals surface area contributed by atoms with Crippen LogP contribution in [0.15, 0.2) is 0 Å². The molecule has 1 fully saturated rings. The van der Waals surface area contributed by atoms with E-state index in [1.807, 2.05) is 0 Å². The number of alkyl halides is 6. The van der Waals surface area contributed by atoms with E-state index < -0.39 is 30.1 Å². The van der Waals surface area contributed by atoms with Gasteiger partial charge in [0.1, 0.15) is 0 Å². The maximum absolute atomic E-state index is 11.8. The summed E-state index contributed by atoms with van der Waals surface area (Å²) in [5.41, 5.74) is 0. The van der Waals surface area contributed by atoms with Crippen molar-refractivity contribution in [3.05, 3.63) is 0 Å². The van der Waals surface area contributed by atoms with Gasteiger partial charge in [0.15, 0.2) is 0 Å². The van der Waals surface area contributed by atoms with Crippen molar-refractivity contribution >= 4 is 0 Å². The van der Waals surface area contributed by atoms with E-state index in [0.717, 1.165) is 6.92 Å². The molecule has 0 nitrogen and oxygen atoms in total. The molecule has 0 saturated heterocycles. The molecule has 0 N–H and O–H groups in total. The lowest BCUT2D eigenvalue weighted by Crippen LogP contribution is -2.19. The van der Waals surface area contributed by atoms with Crippen LogP contribution in [-0.2, 0) is 0 Å². The molecule has 1 aliphatic rings. The molecule has 0 unspecified atom stereocenters. The first-order valence-electron chi connectivity index (χ1n) is 3.29. The second-order valence-electron chi connectivity index (χ2n) is 2.99. The van der Waals surface area contributed by atoms with Gasteiger partial charge in [0.05, 0.1) is 11.8 Å². The molecule has 0 bridgehead atoms. The quantitative estimate of drug-likeness (QED) is 0.517. The normalized spacial score (nSPS) is 36.8. The Morgan fingerprint density at radius 3 is 1.08 bits per heavy atom. The topological polar surface area (TPSA) is 0 Å². The SMILES string of the molecule is CC1[C@@H](C(F)(F)F)[C@@H]1C(F)(F)F. The van der Waals surface area contributed by atoms with Crippen LogP contribution < -0.4 is 0 Å². The van der Waals surface area contributed by atoms with Crippen LogP contribution in [-0.4, -0.2) is 12.4 Å². The summed E-state index contributed by atoms with van der Waals surface area (Å²) < 4.78 is 70.6. The summed E-state index contributed by atoms with van der Waals surface area (Å²) in [5.74, 6) is -5.68. The zero-order valence-electron chi connectivity index (χ0n) is 6.00. The third kappa shape index (κ3) is 1.51. The molecule has 1 saturated carbocycles. The van der Waals surface area contributed by atoms with Gasteiger partial charge in [0.2, 0.25) is 0 Å². The number of hydrogen-bond donors (Lipinski definition) is 0. The van der Waals surface area contributed by atoms with Gasteiger partial charge in [0, 0.05) is 0 Å². The highest BCUT2D eigenvalue weighted by Gasteiger charge is 2.71. The monoisotopic (exact) mass is 192 g/mol. The van der Waals surface area contributed by atoms with Crippen molar-refractivity contribution < 1.29 is 26.3 Å². The molecule has 0 aromatic heterocycles. The molecule has 6 heteroatoms. The van der Waals surface area contributed by atoms with Crippen LogP contribution in [0.25, 0.3) is 0 Å². The van der Waals surface area contributed by atoms with Crippen molar-refractivity contribution in [1.82, 2.24) is 0 Å². The van der Waals surface area contributed by atoms with Crippen LogP contribution >= 0.6 is 0 Å². The summed E-state index contributed by atoms with van der Waals surface area (Å²) >= 11 is 0. The Morgan fingerprint density at radius 1 is 0.750 bits per heavy atom. The summed E-state index contributed by atoms with van der Waals surface area (Å²) in [4.78, 5) is 0. The fraction of sp³-hybridized carbons (Fsp3) is 1.00. The summed E-state index contributed by atoms with van der Waals surface area (Å²) in [6, 6.07) is 0. The molecule has 0 radical (unpaired) electrons. The van der Waals surface area contributed by atoms with E-state index in [0.29, 0.717) is 0 Å². The van der Waals surface area contributed by atoms with Gasteiger partial charge in [-0.1, -0.05) is 6.92 Å². The zero-order valence-corrected chi connectivity index (χ0v) is 6.00. The predicted molar refractivity (Wildman–Crippen MR) is 28.3 cm³/mol. The summed E-state index contributed by atoms with van der Waals surface area (Å²) in [5, 5.41) is 0. The summed E-state index contributed by atoms with van der Waals surface area (Å²) in [7, 11) is 0. The molecule has 72 valence electrons. The van der Waals surface area contributed by atoms with E-state index in [2.05, 4.69) is 0 Å². The molecule has 0 aliphatic heterocycles. The largest absolute Gasteiger partial charge is 0.392 e. The Kier molecular flexibility index (Phi) is 1.85. The molecule has 0 aromatic carbocycles. The molecule has 0 aromatic rings. The van der Waals surface area contributed by atoms with Crippen molar-refractivity contribution in [2.45, 2.75) is 19.3 Å². The van der Waals surface area contributed by atoms with E-state index >= 15 is 0 Å². The van der Waals surface area contributed by atoms with E-state index in [1.165, 1.54) is 0 Å². The Hall–Kier alpha value is -0.420. The molecular weight excluding hydrogens is 186 g/mol. The van der Waals surface area contributed by atoms with Crippen LogP contribution in [0.5, 0.6) is 0 Å². The molecule has 1 aliphatic carbocycles. The molecule has 1 rings (SSSR count). The molecule has 0 spiro atoms. The molecule has 0 heterocycles. The third-order valence-electron chi connectivity index (χ3n) is 2.13. The van der Waals surface area contributed by atoms with Gasteiger partial charge in [-0.25, -0.2) is 0 Å². The highest BCUT2D eigenvalue weighted by molar-refractivity contribution is 5.02. The van der Waals surface area contributed by atoms with Crippen LogP contribution in [0.3, 0.4) is 0 Å². The Bertz CT molecular complexity index is 157. The van der Waals surface area contributed by atoms with Crippen LogP contribution in [0.1, 0.15) is 6.92 Å². The van der Waals surface area contributed by atoms with Gasteiger partial charge in [-0.05, 0) is 5.92 Å². The van der Waals surface area contributed by atoms with Gasteiger partial charge in [0.25, 0.3) is 0 Å². The maximum atomic E-state index is 11.8. The first kappa shape index (κ1) is 9.67. The standard InChI is InChI=1S/C6H6F6/c1-2-3(5(7,8)9)4(2)6(10,11)12/h2-4H,1H3/t3-,4-/m1/s1. The predicted octanol–water partition coefficient (Wildman–Crippen LogP) is 2.99. The van der Waals surface area contributed by atoms with Crippen LogP contribution in [0, 0.1) is 17.8 Å². The number of rotatable bonds is 0. The minimum atomic E-state index is -4.71. The number of hydrogen-bond acceptors (Lipinski definition) is 0. The van der Waals surface area contributed by atoms with Crippen molar-refractivity contribution in [2.24, 2.45) is 17.8 Å². The lowest BCUT2D eigenvalue weighted by molar-refractivity contribution is -0.191. The second-order valence-corrected chi connectivity index (χ2v) is 2.99. The zero-order chi connectivity index (χ0) is 9.73. The maximum Gasteiger partial charge on any atom is 0.392 e. The van der Waals surface area contributed by atoms with E-state index in [9.17, 15) is 26.3 Å². The fourth-order valence-electron chi connectivity index (χ4n) is 1.47. The van der Waals surface area contributed by atoms with Crippen molar-refractivity contribution in [1.29, 1.82) is 0 Å². The minimum absolute atomic E-state index is 0.969. The molecule has 0 amide bonds. The first-order chi connectivity index (χ1) is 5.15. The van der Waals surface area contributed by atoms with E-state index in [1.54, 1.807) is 0 Å². The molecular formula is C6H6F6. The molecule has 12 heavy (non-hydrogen) atoms. The van der Waals surface area contributed by atoms with Gasteiger partial charge in [-0.3, -0.25) is 0 Å². The van der Waals surface area contributed by atoms with Gasteiger partial charge in [-0.2, -0.15) is 26.3 Å². The minimum Gasteiger partial charge on any atom is -0.171 e. The lowest BCUT2D eigenvalue weighted by Gasteiger charge is -2.07. The van der Waals surface area contributed by atoms with Crippen LogP contribution in [0.2, 0.25) is 0 Å². The van der Waals surface area contributed by atoms with E-state index in [4.69, 9.17) is 0 Å². The average molecular weight is 192 g/mol. The van der Waals surface area contributed by atoms with Crippen molar-refractivity contribution in [3.63, 3.8) is 0 Å². The van der Waals surface area contributed by atoms with Gasteiger partial charge >= 0.3 is 12.4 Å². The fourth-order valence-corrected chi connectivity index (χ4v) is 1.47. The molecule has 2 atom stereocenters. The lowest BCUT2D eigenvalue weighted by atomic mass is 10.3. The summed E-state index contributed by atoms with van der Waals surface area (Å²) in [6.45, 7) is 0.969. The highest BCUT2D eigenvalue weighted by atomic mass is 19.4. The Labute approximate surface area is 64.6 Å². The van der Waals surface area contributed by atoms with Gasteiger partial charge < -0.3 is 0 Å². The second kappa shape index (κ2) is 2.29. The average Bonchev–Trinajstić information content (AvgIpc) is 2.35. The highest BCUT2D eigenvalue weighted by Crippen LogP contribution is 2.61. The third-order valence-corrected chi connectivity index (χ3v) is 2.13. The van der Waals surface area contributed by atoms with Crippen molar-refractivity contribution in [3.8, 4) is 0 Å². The van der Waals surface area contributed by atoms with E-state index in [-0.39, 0.29) is 0 Å². The van der Waals surface area contributed by atoms with Crippen LogP contribution in [0.4, 0.5) is 26.3 Å². The smallest absolute Gasteiger partial charge is 0.171 e. The number of halogens is 6. The Morgan fingerprint density at radius 2 is 1.00 bits per heavy atom. The first-order valence-corrected chi connectivity index (χ1v) is 3.29. The van der Waals surface area contributed by atoms with Gasteiger partial charge in [-0.15, -0.1) is 0 Å². The van der Waals surface area contributed by atoms with Crippen molar-refractivity contribution in [2.75, 3.05) is 0 Å². The Balaban J connectivity index is 2.67.